The van der Waals surface area contributed by atoms with Crippen LogP contribution in [0.3, 0.4) is 0 Å². The summed E-state index contributed by atoms with van der Waals surface area (Å²) in [5.74, 6) is 1.36. The van der Waals surface area contributed by atoms with Crippen molar-refractivity contribution in [2.75, 3.05) is 0 Å². The van der Waals surface area contributed by atoms with E-state index < -0.39 is 0 Å². The summed E-state index contributed by atoms with van der Waals surface area (Å²) < 4.78 is 5.29. The van der Waals surface area contributed by atoms with Crippen LogP contribution in [0.2, 0.25) is 0 Å². The molecular weight excluding hydrogens is 769 g/mol. The highest BCUT2D eigenvalue weighted by atomic mass is 15.4. The Morgan fingerprint density at radius 2 is 1.52 bits per heavy atom. The van der Waals surface area contributed by atoms with Crippen LogP contribution in [0.15, 0.2) is 138 Å². The Balaban J connectivity index is 1.04. The van der Waals surface area contributed by atoms with Gasteiger partial charge in [-0.25, -0.2) is 10.6 Å². The first kappa shape index (κ1) is 39.2. The van der Waals surface area contributed by atoms with Crippen molar-refractivity contribution in [3.05, 3.63) is 160 Å². The Labute approximate surface area is 372 Å². The first-order chi connectivity index (χ1) is 30.8. The quantitative estimate of drug-likeness (QED) is 0.155. The van der Waals surface area contributed by atoms with Crippen LogP contribution in [0, 0.1) is 54.3 Å². The van der Waals surface area contributed by atoms with Gasteiger partial charge in [0, 0.05) is 44.3 Å². The van der Waals surface area contributed by atoms with Crippen molar-refractivity contribution < 1.29 is 5.32 Å². The van der Waals surface area contributed by atoms with Crippen LogP contribution in [0.1, 0.15) is 93.3 Å². The van der Waals surface area contributed by atoms with E-state index in [-0.39, 0.29) is 41.9 Å². The number of benzene rings is 3. The standard InChI is InChI=1S/C57H60N6/c1-34-16-14-23-43-44-24-15-17-35(2)53(44)63(52(34)43)51-32-50(62-48-26-12-9-21-41(48)42-22-10-13-27-49(42)62)38(33-58)30-45(51)56-60-54(36-18-6-5-7-19-36)59-55(61-56)37-28-29-40-39-20-8-11-25-46(39)57(3,4)47(40)31-37/h5-6,8-9,11-18,21,23-27,30-31,37-40,50-51,54-56,59-61H,7,10,19-20,22,28-29,32H2,1-4H3/p+1. The maximum absolute atomic E-state index is 11.4. The summed E-state index contributed by atoms with van der Waals surface area (Å²) >= 11 is 0. The number of hydrogen-bond acceptors (Lipinski definition) is 3. The summed E-state index contributed by atoms with van der Waals surface area (Å²) in [4.78, 5) is 0. The topological polar surface area (TPSA) is 74.3 Å². The lowest BCUT2D eigenvalue weighted by Gasteiger charge is -2.45. The van der Waals surface area contributed by atoms with Crippen LogP contribution in [0.4, 0.5) is 0 Å². The van der Waals surface area contributed by atoms with Gasteiger partial charge in [-0.05, 0) is 111 Å². The van der Waals surface area contributed by atoms with Gasteiger partial charge in [-0.3, -0.25) is 0 Å². The predicted octanol–water partition coefficient (Wildman–Crippen LogP) is 11.1. The number of hydrogen-bond donors (Lipinski definition) is 3. The smallest absolute Gasteiger partial charge is 0.166 e. The van der Waals surface area contributed by atoms with E-state index in [0.717, 1.165) is 32.1 Å². The van der Waals surface area contributed by atoms with Gasteiger partial charge in [-0.2, -0.15) is 5.26 Å². The van der Waals surface area contributed by atoms with Gasteiger partial charge in [0.1, 0.15) is 6.17 Å². The van der Waals surface area contributed by atoms with E-state index in [1.807, 2.05) is 0 Å². The molecule has 318 valence electrons. The van der Waals surface area contributed by atoms with Crippen LogP contribution in [-0.4, -0.2) is 27.6 Å². The van der Waals surface area contributed by atoms with E-state index in [9.17, 15) is 5.26 Å². The maximum atomic E-state index is 11.4. The molecule has 9 atom stereocenters. The maximum Gasteiger partial charge on any atom is 0.166 e. The molecule has 6 heteroatoms. The third-order valence-electron chi connectivity index (χ3n) is 16.6. The van der Waals surface area contributed by atoms with Crippen LogP contribution < -0.4 is 16.0 Å². The van der Waals surface area contributed by atoms with Gasteiger partial charge in [-0.1, -0.05) is 134 Å². The number of rotatable bonds is 5. The third-order valence-corrected chi connectivity index (χ3v) is 16.6. The molecule has 4 N–H and O–H groups in total. The monoisotopic (exact) mass is 829 g/mol. The summed E-state index contributed by atoms with van der Waals surface area (Å²) in [6.07, 6.45) is 32.6. The molecule has 1 saturated heterocycles. The zero-order valence-electron chi connectivity index (χ0n) is 37.3. The Morgan fingerprint density at radius 1 is 0.762 bits per heavy atom. The molecule has 63 heavy (non-hydrogen) atoms. The predicted molar refractivity (Wildman–Crippen MR) is 258 cm³/mol. The number of aryl methyl sites for hydroxylation is 3. The second-order valence-electron chi connectivity index (χ2n) is 20.3. The van der Waals surface area contributed by atoms with Crippen molar-refractivity contribution in [3.8, 4) is 6.07 Å². The second-order valence-corrected chi connectivity index (χ2v) is 20.3. The van der Waals surface area contributed by atoms with Crippen molar-refractivity contribution in [2.45, 2.75) is 110 Å². The van der Waals surface area contributed by atoms with E-state index in [1.54, 1.807) is 11.1 Å². The third kappa shape index (κ3) is 6.07. The van der Waals surface area contributed by atoms with Gasteiger partial charge in [-0.15, -0.1) is 0 Å². The van der Waals surface area contributed by atoms with E-state index in [1.165, 1.54) is 85.5 Å². The van der Waals surface area contributed by atoms with Crippen LogP contribution in [-0.2, 0) is 6.42 Å². The van der Waals surface area contributed by atoms with Gasteiger partial charge >= 0.3 is 0 Å². The highest BCUT2D eigenvalue weighted by Crippen LogP contribution is 2.59. The summed E-state index contributed by atoms with van der Waals surface area (Å²) in [5.41, 5.74) is 15.3. The first-order valence-electron chi connectivity index (χ1n) is 24.0. The fraction of sp³-hybridized carbons (Fsp3) is 0.386. The van der Waals surface area contributed by atoms with Gasteiger partial charge in [0.15, 0.2) is 6.17 Å². The summed E-state index contributed by atoms with van der Waals surface area (Å²) in [7, 11) is 0. The molecule has 1 saturated carbocycles. The van der Waals surface area contributed by atoms with Gasteiger partial charge in [0.05, 0.1) is 41.3 Å². The molecule has 3 aromatic carbocycles. The Kier molecular flexibility index (Phi) is 9.38. The van der Waals surface area contributed by atoms with Crippen LogP contribution in [0.25, 0.3) is 38.8 Å². The van der Waals surface area contributed by atoms with Crippen molar-refractivity contribution in [3.63, 3.8) is 0 Å². The number of nitrogens with zero attached hydrogens (tertiary/aromatic N) is 3. The molecule has 5 aromatic rings. The SMILES string of the molecule is Cc1cccc2c3cccc(C)c3n(C3CC(n4c5c(c6ccccc64)CCC=C5)C(C#N)C=C3C3NC(C4=CC=CCC4)NC(C4C=C5C(CC4)C4CC=CC=C4C5(C)C)[NH2+]3)c12. The lowest BCUT2D eigenvalue weighted by molar-refractivity contribution is -0.739. The average Bonchev–Trinajstić information content (AvgIpc) is 3.93. The molecule has 7 aliphatic rings. The van der Waals surface area contributed by atoms with Gasteiger partial charge in [0.25, 0.3) is 0 Å². The average molecular weight is 830 g/mol. The molecule has 9 unspecified atom stereocenters. The zero-order chi connectivity index (χ0) is 42.6. The zero-order valence-corrected chi connectivity index (χ0v) is 37.3. The number of nitrogens with one attached hydrogen (secondary N) is 2. The van der Waals surface area contributed by atoms with Gasteiger partial charge in [0.2, 0.25) is 0 Å². The van der Waals surface area contributed by atoms with Crippen molar-refractivity contribution in [2.24, 2.45) is 29.1 Å². The molecule has 0 bridgehead atoms. The second kappa shape index (κ2) is 15.1. The molecule has 0 radical (unpaired) electrons. The molecule has 0 spiro atoms. The normalized spacial score (nSPS) is 30.9. The lowest BCUT2D eigenvalue weighted by Crippen LogP contribution is -3.06. The minimum absolute atomic E-state index is 0.00461. The molecule has 6 nitrogen and oxygen atoms in total. The molecular formula is C57H61N6+. The Morgan fingerprint density at radius 3 is 2.30 bits per heavy atom. The van der Waals surface area contributed by atoms with Crippen molar-refractivity contribution in [1.29, 1.82) is 5.26 Å². The molecule has 2 aromatic heterocycles. The molecule has 12 rings (SSSR count). The lowest BCUT2D eigenvalue weighted by atomic mass is 9.74. The number of para-hydroxylation sites is 3. The number of nitriles is 1. The van der Waals surface area contributed by atoms with E-state index in [4.69, 9.17) is 0 Å². The summed E-state index contributed by atoms with van der Waals surface area (Å²) in [6, 6.07) is 25.5. The molecule has 0 amide bonds. The Hall–Kier alpha value is -5.45. The van der Waals surface area contributed by atoms with Gasteiger partial charge < -0.3 is 14.5 Å². The molecule has 2 fully saturated rings. The molecule has 6 aliphatic carbocycles. The highest BCUT2D eigenvalue weighted by Gasteiger charge is 2.51. The van der Waals surface area contributed by atoms with Crippen molar-refractivity contribution >= 4 is 38.8 Å². The fourth-order valence-electron chi connectivity index (χ4n) is 13.8. The molecule has 3 heterocycles. The minimum Gasteiger partial charge on any atom is -0.336 e. The first-order valence-corrected chi connectivity index (χ1v) is 24.0. The summed E-state index contributed by atoms with van der Waals surface area (Å²) in [6.45, 7) is 9.54. The van der Waals surface area contributed by atoms with Crippen LogP contribution >= 0.6 is 0 Å². The molecule has 1 aliphatic heterocycles. The van der Waals surface area contributed by atoms with E-state index in [0.29, 0.717) is 17.8 Å². The fourth-order valence-corrected chi connectivity index (χ4v) is 13.8. The number of aromatic nitrogens is 2. The minimum atomic E-state index is -0.303. The van der Waals surface area contributed by atoms with E-state index >= 15 is 0 Å². The summed E-state index contributed by atoms with van der Waals surface area (Å²) in [5, 5.41) is 26.5. The highest BCUT2D eigenvalue weighted by molar-refractivity contribution is 6.10. The largest absolute Gasteiger partial charge is 0.336 e. The number of fused-ring (bicyclic) bond motifs is 9. The van der Waals surface area contributed by atoms with Crippen molar-refractivity contribution in [1.82, 2.24) is 19.8 Å². The van der Waals surface area contributed by atoms with E-state index in [2.05, 4.69) is 180 Å². The number of nitrogens with two attached hydrogens (primary N) is 1. The Bertz CT molecular complexity index is 2910. The number of allylic oxidation sites excluding steroid dienone is 10. The van der Waals surface area contributed by atoms with Crippen LogP contribution in [0.5, 0.6) is 0 Å². The number of quaternary nitrogens is 1.